The first kappa shape index (κ1) is 14.6. The number of carbonyl (C=O) groups excluding carboxylic acids is 1. The minimum Gasteiger partial charge on any atom is -0.319 e. The van der Waals surface area contributed by atoms with Gasteiger partial charge in [-0.1, -0.05) is 0 Å². The monoisotopic (exact) mass is 343 g/mol. The maximum atomic E-state index is 13.6. The fourth-order valence-electron chi connectivity index (χ4n) is 1.57. The van der Waals surface area contributed by atoms with E-state index in [1.165, 1.54) is 19.1 Å². The average Bonchev–Trinajstić information content (AvgIpc) is 2.39. The molecule has 2 nitrogen and oxygen atoms in total. The third kappa shape index (κ3) is 3.01. The molecule has 1 amide bonds. The van der Waals surface area contributed by atoms with Crippen molar-refractivity contribution >= 4 is 27.5 Å². The molecule has 20 heavy (non-hydrogen) atoms. The van der Waals surface area contributed by atoms with Crippen LogP contribution < -0.4 is 5.32 Å². The van der Waals surface area contributed by atoms with Gasteiger partial charge >= 0.3 is 0 Å². The number of aryl methyl sites for hydroxylation is 1. The van der Waals surface area contributed by atoms with Gasteiger partial charge in [0.1, 0.15) is 17.5 Å². The summed E-state index contributed by atoms with van der Waals surface area (Å²) in [6, 6.07) is 5.50. The van der Waals surface area contributed by atoms with Crippen molar-refractivity contribution in [3.8, 4) is 0 Å². The largest absolute Gasteiger partial charge is 0.319 e. The second kappa shape index (κ2) is 5.66. The molecule has 0 aliphatic carbocycles. The highest BCUT2D eigenvalue weighted by atomic mass is 79.9. The van der Waals surface area contributed by atoms with Gasteiger partial charge in [-0.25, -0.2) is 13.2 Å². The van der Waals surface area contributed by atoms with Crippen LogP contribution >= 0.6 is 15.9 Å². The van der Waals surface area contributed by atoms with Gasteiger partial charge in [-0.05, 0) is 52.7 Å². The van der Waals surface area contributed by atoms with Gasteiger partial charge in [0.15, 0.2) is 0 Å². The summed E-state index contributed by atoms with van der Waals surface area (Å²) in [6.07, 6.45) is 0. The molecule has 0 aliphatic rings. The van der Waals surface area contributed by atoms with Gasteiger partial charge < -0.3 is 5.32 Å². The molecular weight excluding hydrogens is 335 g/mol. The van der Waals surface area contributed by atoms with Crippen molar-refractivity contribution in [3.63, 3.8) is 0 Å². The zero-order chi connectivity index (χ0) is 14.9. The number of hydrogen-bond acceptors (Lipinski definition) is 1. The maximum Gasteiger partial charge on any atom is 0.255 e. The van der Waals surface area contributed by atoms with Gasteiger partial charge in [0.05, 0.1) is 10.2 Å². The van der Waals surface area contributed by atoms with E-state index >= 15 is 0 Å². The Balaban J connectivity index is 2.27. The Labute approximate surface area is 121 Å². The van der Waals surface area contributed by atoms with Crippen LogP contribution in [-0.2, 0) is 0 Å². The van der Waals surface area contributed by atoms with Crippen LogP contribution in [-0.4, -0.2) is 5.91 Å². The molecule has 2 aromatic carbocycles. The van der Waals surface area contributed by atoms with Crippen LogP contribution in [0.25, 0.3) is 0 Å². The Bertz CT molecular complexity index is 688. The molecule has 0 unspecified atom stereocenters. The van der Waals surface area contributed by atoms with Gasteiger partial charge in [0, 0.05) is 11.6 Å². The van der Waals surface area contributed by atoms with Crippen LogP contribution in [0.5, 0.6) is 0 Å². The molecule has 104 valence electrons. The first-order valence-electron chi connectivity index (χ1n) is 5.60. The van der Waals surface area contributed by atoms with Gasteiger partial charge in [-0.15, -0.1) is 0 Å². The maximum absolute atomic E-state index is 13.6. The first-order chi connectivity index (χ1) is 9.38. The molecule has 2 aromatic rings. The summed E-state index contributed by atoms with van der Waals surface area (Å²) >= 11 is 2.95. The van der Waals surface area contributed by atoms with Crippen molar-refractivity contribution in [2.45, 2.75) is 6.92 Å². The molecular formula is C14H9BrF3NO. The number of rotatable bonds is 2. The number of anilines is 1. The summed E-state index contributed by atoms with van der Waals surface area (Å²) in [6.45, 7) is 1.42. The summed E-state index contributed by atoms with van der Waals surface area (Å²) in [7, 11) is 0. The summed E-state index contributed by atoms with van der Waals surface area (Å²) in [5.74, 6) is -2.54. The third-order valence-corrected chi connectivity index (χ3v) is 3.29. The highest BCUT2D eigenvalue weighted by Crippen LogP contribution is 2.21. The van der Waals surface area contributed by atoms with E-state index in [0.717, 1.165) is 18.2 Å². The standard InChI is InChI=1S/C14H9BrF3NO/c1-7-4-12(18)13(6-11(7)17)19-14(20)8-2-3-10(16)9(15)5-8/h2-6H,1H3,(H,19,20). The van der Waals surface area contributed by atoms with Gasteiger partial charge in [-0.3, -0.25) is 4.79 Å². The van der Waals surface area contributed by atoms with E-state index in [4.69, 9.17) is 0 Å². The third-order valence-electron chi connectivity index (χ3n) is 2.68. The van der Waals surface area contributed by atoms with Crippen LogP contribution in [0.4, 0.5) is 18.9 Å². The second-order valence-corrected chi connectivity index (χ2v) is 5.02. The number of halogens is 4. The lowest BCUT2D eigenvalue weighted by molar-refractivity contribution is 0.102. The Hall–Kier alpha value is -1.82. The topological polar surface area (TPSA) is 29.1 Å². The Morgan fingerprint density at radius 1 is 1.05 bits per heavy atom. The highest BCUT2D eigenvalue weighted by Gasteiger charge is 2.13. The van der Waals surface area contributed by atoms with Crippen LogP contribution in [0.3, 0.4) is 0 Å². The minimum absolute atomic E-state index is 0.112. The molecule has 0 bridgehead atoms. The van der Waals surface area contributed by atoms with Crippen molar-refractivity contribution in [2.75, 3.05) is 5.32 Å². The van der Waals surface area contributed by atoms with E-state index in [2.05, 4.69) is 21.2 Å². The van der Waals surface area contributed by atoms with Crippen LogP contribution in [0.1, 0.15) is 15.9 Å². The predicted molar refractivity (Wildman–Crippen MR) is 73.1 cm³/mol. The van der Waals surface area contributed by atoms with E-state index < -0.39 is 23.4 Å². The molecule has 0 aromatic heterocycles. The second-order valence-electron chi connectivity index (χ2n) is 4.16. The van der Waals surface area contributed by atoms with Gasteiger partial charge in [0.2, 0.25) is 0 Å². The summed E-state index contributed by atoms with van der Waals surface area (Å²) < 4.78 is 40.1. The van der Waals surface area contributed by atoms with Crippen molar-refractivity contribution < 1.29 is 18.0 Å². The molecule has 1 N–H and O–H groups in total. The van der Waals surface area contributed by atoms with Crippen molar-refractivity contribution in [3.05, 3.63) is 63.4 Å². The highest BCUT2D eigenvalue weighted by molar-refractivity contribution is 9.10. The summed E-state index contributed by atoms with van der Waals surface area (Å²) in [5.41, 5.74) is 0.00207. The predicted octanol–water partition coefficient (Wildman–Crippen LogP) is 4.43. The normalized spacial score (nSPS) is 10.4. The zero-order valence-corrected chi connectivity index (χ0v) is 11.9. The van der Waals surface area contributed by atoms with Crippen LogP contribution in [0.2, 0.25) is 0 Å². The summed E-state index contributed by atoms with van der Waals surface area (Å²) in [5, 5.41) is 2.24. The molecule has 0 saturated heterocycles. The lowest BCUT2D eigenvalue weighted by atomic mass is 10.1. The fraction of sp³-hybridized carbons (Fsp3) is 0.0714. The number of hydrogen-bond donors (Lipinski definition) is 1. The van der Waals surface area contributed by atoms with Crippen LogP contribution in [0, 0.1) is 24.4 Å². The number of carbonyl (C=O) groups is 1. The number of benzene rings is 2. The SMILES string of the molecule is Cc1cc(F)c(NC(=O)c2ccc(F)c(Br)c2)cc1F. The zero-order valence-electron chi connectivity index (χ0n) is 10.3. The van der Waals surface area contributed by atoms with Crippen molar-refractivity contribution in [2.24, 2.45) is 0 Å². The average molecular weight is 344 g/mol. The molecule has 0 heterocycles. The molecule has 0 saturated carbocycles. The quantitative estimate of drug-likeness (QED) is 0.858. The Kier molecular flexibility index (Phi) is 4.13. The van der Waals surface area contributed by atoms with E-state index in [0.29, 0.717) is 0 Å². The fourth-order valence-corrected chi connectivity index (χ4v) is 1.95. The van der Waals surface area contributed by atoms with E-state index in [9.17, 15) is 18.0 Å². The molecule has 0 aliphatic heterocycles. The number of nitrogens with one attached hydrogen (secondary N) is 1. The first-order valence-corrected chi connectivity index (χ1v) is 6.40. The van der Waals surface area contributed by atoms with E-state index in [1.807, 2.05) is 0 Å². The van der Waals surface area contributed by atoms with E-state index in [1.54, 1.807) is 0 Å². The van der Waals surface area contributed by atoms with Crippen molar-refractivity contribution in [1.29, 1.82) is 0 Å². The molecule has 0 radical (unpaired) electrons. The lowest BCUT2D eigenvalue weighted by Crippen LogP contribution is -2.13. The lowest BCUT2D eigenvalue weighted by Gasteiger charge is -2.08. The van der Waals surface area contributed by atoms with Gasteiger partial charge in [0.25, 0.3) is 5.91 Å². The molecule has 0 atom stereocenters. The summed E-state index contributed by atoms with van der Waals surface area (Å²) in [4.78, 5) is 11.9. The Morgan fingerprint density at radius 2 is 1.75 bits per heavy atom. The molecule has 6 heteroatoms. The minimum atomic E-state index is -0.738. The molecule has 0 spiro atoms. The van der Waals surface area contributed by atoms with Crippen molar-refractivity contribution in [1.82, 2.24) is 0 Å². The smallest absolute Gasteiger partial charge is 0.255 e. The van der Waals surface area contributed by atoms with E-state index in [-0.39, 0.29) is 21.3 Å². The molecule has 2 rings (SSSR count). The molecule has 0 fully saturated rings. The van der Waals surface area contributed by atoms with Crippen LogP contribution in [0.15, 0.2) is 34.8 Å². The number of amides is 1. The van der Waals surface area contributed by atoms with Gasteiger partial charge in [-0.2, -0.15) is 0 Å². The Morgan fingerprint density at radius 3 is 2.40 bits per heavy atom.